The maximum atomic E-state index is 10.9. The number of benzene rings is 1. The van der Waals surface area contributed by atoms with E-state index in [9.17, 15) is 4.79 Å². The number of anilines is 1. The largest absolute Gasteiger partial charge is 0.411 e. The van der Waals surface area contributed by atoms with Crippen LogP contribution in [0.25, 0.3) is 0 Å². The lowest BCUT2D eigenvalue weighted by atomic mass is 10.3. The van der Waals surface area contributed by atoms with Crippen LogP contribution in [-0.2, 0) is 4.79 Å². The molecule has 0 aliphatic heterocycles. The summed E-state index contributed by atoms with van der Waals surface area (Å²) in [5.41, 5.74) is 0.553. The van der Waals surface area contributed by atoms with E-state index >= 15 is 0 Å². The van der Waals surface area contributed by atoms with Gasteiger partial charge in [0.1, 0.15) is 6.21 Å². The fourth-order valence-electron chi connectivity index (χ4n) is 0.793. The van der Waals surface area contributed by atoms with E-state index < -0.39 is 5.91 Å². The second kappa shape index (κ2) is 4.47. The second-order valence-corrected chi connectivity index (χ2v) is 2.68. The first-order chi connectivity index (χ1) is 6.22. The van der Waals surface area contributed by atoms with Gasteiger partial charge in [0.05, 0.1) is 0 Å². The third kappa shape index (κ3) is 3.13. The summed E-state index contributed by atoms with van der Waals surface area (Å²) < 4.78 is 0. The topological polar surface area (TPSA) is 61.7 Å². The molecule has 4 nitrogen and oxygen atoms in total. The quantitative estimate of drug-likeness (QED) is 0.432. The average molecular weight is 199 g/mol. The number of nitrogens with one attached hydrogen (secondary N) is 1. The number of halogens is 1. The number of amides is 1. The third-order valence-corrected chi connectivity index (χ3v) is 1.50. The maximum Gasteiger partial charge on any atom is 0.270 e. The highest BCUT2D eigenvalue weighted by molar-refractivity contribution is 6.32. The van der Waals surface area contributed by atoms with E-state index in [4.69, 9.17) is 16.8 Å². The minimum atomic E-state index is -0.509. The van der Waals surface area contributed by atoms with Gasteiger partial charge in [0.2, 0.25) is 0 Å². The van der Waals surface area contributed by atoms with Gasteiger partial charge >= 0.3 is 0 Å². The smallest absolute Gasteiger partial charge is 0.270 e. The Balaban J connectivity index is 2.69. The van der Waals surface area contributed by atoms with Crippen molar-refractivity contribution >= 4 is 29.4 Å². The Morgan fingerprint density at radius 3 is 3.00 bits per heavy atom. The van der Waals surface area contributed by atoms with Gasteiger partial charge in [0.25, 0.3) is 5.91 Å². The maximum absolute atomic E-state index is 10.9. The minimum absolute atomic E-state index is 0.509. The number of carbonyl (C=O) groups excluding carboxylic acids is 1. The van der Waals surface area contributed by atoms with Gasteiger partial charge in [0.15, 0.2) is 0 Å². The van der Waals surface area contributed by atoms with Gasteiger partial charge in [-0.3, -0.25) is 4.79 Å². The molecule has 1 aromatic rings. The lowest BCUT2D eigenvalue weighted by Gasteiger charge is -2.00. The fraction of sp³-hybridized carbons (Fsp3) is 0. The molecule has 1 rings (SSSR count). The molecule has 5 heteroatoms. The van der Waals surface area contributed by atoms with Gasteiger partial charge < -0.3 is 10.5 Å². The average Bonchev–Trinajstić information content (AvgIpc) is 2.04. The van der Waals surface area contributed by atoms with E-state index in [1.54, 1.807) is 24.3 Å². The molecule has 0 aliphatic carbocycles. The summed E-state index contributed by atoms with van der Waals surface area (Å²) in [5.74, 6) is -0.509. The zero-order chi connectivity index (χ0) is 9.68. The molecule has 13 heavy (non-hydrogen) atoms. The normalized spacial score (nSPS) is 10.2. The van der Waals surface area contributed by atoms with Crippen molar-refractivity contribution in [2.75, 3.05) is 5.32 Å². The molecule has 0 fully saturated rings. The lowest BCUT2D eigenvalue weighted by Crippen LogP contribution is -2.12. The second-order valence-electron chi connectivity index (χ2n) is 2.24. The van der Waals surface area contributed by atoms with Crippen molar-refractivity contribution in [2.45, 2.75) is 0 Å². The van der Waals surface area contributed by atoms with Crippen LogP contribution in [0.5, 0.6) is 0 Å². The van der Waals surface area contributed by atoms with Crippen LogP contribution in [0.1, 0.15) is 0 Å². The van der Waals surface area contributed by atoms with E-state index in [2.05, 4.69) is 10.5 Å². The highest BCUT2D eigenvalue weighted by Crippen LogP contribution is 2.14. The molecule has 2 N–H and O–H groups in total. The van der Waals surface area contributed by atoms with Gasteiger partial charge in [0, 0.05) is 10.7 Å². The molecule has 1 aromatic carbocycles. The van der Waals surface area contributed by atoms with E-state index in [0.29, 0.717) is 10.7 Å². The van der Waals surface area contributed by atoms with Crippen LogP contribution >= 0.6 is 11.6 Å². The molecular formula is C8H7ClN2O2. The van der Waals surface area contributed by atoms with E-state index in [0.717, 1.165) is 6.21 Å². The Morgan fingerprint density at radius 1 is 1.62 bits per heavy atom. The molecule has 1 amide bonds. The molecule has 0 saturated carbocycles. The number of rotatable bonds is 2. The van der Waals surface area contributed by atoms with Crippen LogP contribution < -0.4 is 5.32 Å². The number of hydrogen-bond acceptors (Lipinski definition) is 3. The van der Waals surface area contributed by atoms with Gasteiger partial charge in [-0.1, -0.05) is 22.8 Å². The van der Waals surface area contributed by atoms with E-state index in [1.807, 2.05) is 0 Å². The summed E-state index contributed by atoms with van der Waals surface area (Å²) in [5, 5.41) is 13.6. The molecule has 0 spiro atoms. The van der Waals surface area contributed by atoms with Gasteiger partial charge in [-0.2, -0.15) is 0 Å². The zero-order valence-corrected chi connectivity index (χ0v) is 7.32. The molecule has 68 valence electrons. The molecule has 0 atom stereocenters. The Labute approximate surface area is 79.8 Å². The highest BCUT2D eigenvalue weighted by Gasteiger charge is 1.98. The van der Waals surface area contributed by atoms with Crippen LogP contribution in [0, 0.1) is 0 Å². The van der Waals surface area contributed by atoms with Gasteiger partial charge in [-0.05, 0) is 18.2 Å². The Morgan fingerprint density at radius 2 is 2.38 bits per heavy atom. The van der Waals surface area contributed by atoms with E-state index in [-0.39, 0.29) is 0 Å². The van der Waals surface area contributed by atoms with Crippen molar-refractivity contribution in [3.63, 3.8) is 0 Å². The summed E-state index contributed by atoms with van der Waals surface area (Å²) in [4.78, 5) is 10.9. The SMILES string of the molecule is O=C(C=NO)Nc1cccc(Cl)c1. The van der Waals surface area contributed by atoms with Crippen molar-refractivity contribution in [3.05, 3.63) is 29.3 Å². The van der Waals surface area contributed by atoms with Crippen molar-refractivity contribution in [1.82, 2.24) is 0 Å². The molecule has 0 radical (unpaired) electrons. The summed E-state index contributed by atoms with van der Waals surface area (Å²) in [6, 6.07) is 6.66. The van der Waals surface area contributed by atoms with Crippen molar-refractivity contribution < 1.29 is 10.0 Å². The molecule has 0 heterocycles. The van der Waals surface area contributed by atoms with Crippen LogP contribution in [-0.4, -0.2) is 17.3 Å². The number of hydrogen-bond donors (Lipinski definition) is 2. The standard InChI is InChI=1S/C8H7ClN2O2/c9-6-2-1-3-7(4-6)11-8(12)5-10-13/h1-5,13H,(H,11,12). The molecule has 0 saturated heterocycles. The van der Waals surface area contributed by atoms with Crippen LogP contribution in [0.2, 0.25) is 5.02 Å². The van der Waals surface area contributed by atoms with Crippen LogP contribution in [0.4, 0.5) is 5.69 Å². The Bertz CT molecular complexity index is 339. The first-order valence-electron chi connectivity index (χ1n) is 3.46. The van der Waals surface area contributed by atoms with Crippen molar-refractivity contribution in [2.24, 2.45) is 5.16 Å². The molecule has 0 bridgehead atoms. The van der Waals surface area contributed by atoms with Gasteiger partial charge in [-0.15, -0.1) is 0 Å². The van der Waals surface area contributed by atoms with Crippen LogP contribution in [0.15, 0.2) is 29.4 Å². The summed E-state index contributed by atoms with van der Waals surface area (Å²) in [6.07, 6.45) is 0.765. The first kappa shape index (κ1) is 9.54. The molecular weight excluding hydrogens is 192 g/mol. The van der Waals surface area contributed by atoms with Crippen molar-refractivity contribution in [1.29, 1.82) is 0 Å². The van der Waals surface area contributed by atoms with Crippen molar-refractivity contribution in [3.8, 4) is 0 Å². The zero-order valence-electron chi connectivity index (χ0n) is 6.57. The lowest BCUT2D eigenvalue weighted by molar-refractivity contribution is -0.110. The number of carbonyl (C=O) groups is 1. The Kier molecular flexibility index (Phi) is 3.28. The van der Waals surface area contributed by atoms with Crippen LogP contribution in [0.3, 0.4) is 0 Å². The predicted octanol–water partition coefficient (Wildman–Crippen LogP) is 1.74. The molecule has 0 aromatic heterocycles. The summed E-state index contributed by atoms with van der Waals surface area (Å²) in [7, 11) is 0. The van der Waals surface area contributed by atoms with E-state index in [1.165, 1.54) is 0 Å². The predicted molar refractivity (Wildman–Crippen MR) is 50.4 cm³/mol. The molecule has 0 unspecified atom stereocenters. The highest BCUT2D eigenvalue weighted by atomic mass is 35.5. The minimum Gasteiger partial charge on any atom is -0.411 e. The number of oxime groups is 1. The van der Waals surface area contributed by atoms with Gasteiger partial charge in [-0.25, -0.2) is 0 Å². The fourth-order valence-corrected chi connectivity index (χ4v) is 0.983. The first-order valence-corrected chi connectivity index (χ1v) is 3.84. The monoisotopic (exact) mass is 198 g/mol. The Hall–Kier alpha value is -1.55. The third-order valence-electron chi connectivity index (χ3n) is 1.27. The molecule has 0 aliphatic rings. The number of nitrogens with zero attached hydrogens (tertiary/aromatic N) is 1. The summed E-state index contributed by atoms with van der Waals surface area (Å²) >= 11 is 5.67. The summed E-state index contributed by atoms with van der Waals surface area (Å²) in [6.45, 7) is 0.